The van der Waals surface area contributed by atoms with Crippen LogP contribution in [0.15, 0.2) is 42.6 Å². The van der Waals surface area contributed by atoms with Crippen molar-refractivity contribution in [2.45, 2.75) is 25.2 Å². The average molecular weight is 338 g/mol. The minimum absolute atomic E-state index is 0.0302. The number of rotatable bonds is 3. The number of nitrogens with one attached hydrogen (secondary N) is 1. The highest BCUT2D eigenvalue weighted by atomic mass is 19.1. The molecule has 0 spiro atoms. The summed E-state index contributed by atoms with van der Waals surface area (Å²) in [6.45, 7) is 1.34. The first-order valence-corrected chi connectivity index (χ1v) is 8.52. The molecule has 1 aliphatic heterocycles. The number of piperidine rings is 1. The molecule has 0 unspecified atom stereocenters. The lowest BCUT2D eigenvalue weighted by atomic mass is 9.93. The number of carbonyl (C=O) groups is 1. The molecule has 1 amide bonds. The van der Waals surface area contributed by atoms with Crippen LogP contribution >= 0.6 is 0 Å². The minimum Gasteiger partial charge on any atom is -0.342 e. The Hall–Kier alpha value is -2.76. The van der Waals surface area contributed by atoms with Crippen molar-refractivity contribution in [3.63, 3.8) is 0 Å². The highest BCUT2D eigenvalue weighted by Gasteiger charge is 2.26. The summed E-state index contributed by atoms with van der Waals surface area (Å²) in [5, 5.41) is 7.87. The van der Waals surface area contributed by atoms with E-state index in [9.17, 15) is 9.18 Å². The van der Waals surface area contributed by atoms with Gasteiger partial charge in [-0.2, -0.15) is 5.10 Å². The lowest BCUT2D eigenvalue weighted by molar-refractivity contribution is -0.131. The van der Waals surface area contributed by atoms with E-state index in [4.69, 9.17) is 0 Å². The Balaban J connectivity index is 1.48. The van der Waals surface area contributed by atoms with Crippen LogP contribution < -0.4 is 0 Å². The van der Waals surface area contributed by atoms with Gasteiger partial charge < -0.3 is 4.90 Å². The molecular weight excluding hydrogens is 319 g/mol. The van der Waals surface area contributed by atoms with E-state index in [-0.39, 0.29) is 24.1 Å². The van der Waals surface area contributed by atoms with Gasteiger partial charge in [0.2, 0.25) is 5.91 Å². The van der Waals surface area contributed by atoms with Crippen LogP contribution in [0.25, 0.3) is 11.0 Å². The lowest BCUT2D eigenvalue weighted by Crippen LogP contribution is -2.40. The summed E-state index contributed by atoms with van der Waals surface area (Å²) in [6.07, 6.45) is 3.77. The molecular formula is C19H19FN4O. The number of H-pyrrole nitrogens is 1. The number of pyridine rings is 1. The van der Waals surface area contributed by atoms with Crippen LogP contribution in [0.2, 0.25) is 0 Å². The Morgan fingerprint density at radius 1 is 1.28 bits per heavy atom. The Kier molecular flexibility index (Phi) is 4.17. The van der Waals surface area contributed by atoms with Crippen LogP contribution in [0, 0.1) is 5.82 Å². The molecule has 1 fully saturated rings. The SMILES string of the molecule is O=C(Cc1ccccc1F)N1CCC[C@H](c2ccc3cn[nH]c3n2)C1. The van der Waals surface area contributed by atoms with E-state index in [1.807, 2.05) is 17.0 Å². The second-order valence-corrected chi connectivity index (χ2v) is 6.49. The first-order valence-electron chi connectivity index (χ1n) is 8.52. The quantitative estimate of drug-likeness (QED) is 0.798. The molecule has 6 heteroatoms. The van der Waals surface area contributed by atoms with Crippen molar-refractivity contribution < 1.29 is 9.18 Å². The maximum Gasteiger partial charge on any atom is 0.227 e. The third-order valence-corrected chi connectivity index (χ3v) is 4.81. The molecule has 25 heavy (non-hydrogen) atoms. The van der Waals surface area contributed by atoms with Gasteiger partial charge in [0.25, 0.3) is 0 Å². The number of benzene rings is 1. The number of fused-ring (bicyclic) bond motifs is 1. The highest BCUT2D eigenvalue weighted by Crippen LogP contribution is 2.27. The van der Waals surface area contributed by atoms with E-state index in [1.165, 1.54) is 6.07 Å². The van der Waals surface area contributed by atoms with Crippen LogP contribution in [0.4, 0.5) is 4.39 Å². The van der Waals surface area contributed by atoms with Crippen molar-refractivity contribution >= 4 is 16.9 Å². The maximum atomic E-state index is 13.8. The molecule has 3 aromatic rings. The summed E-state index contributed by atoms with van der Waals surface area (Å²) >= 11 is 0. The van der Waals surface area contributed by atoms with Crippen molar-refractivity contribution in [3.8, 4) is 0 Å². The summed E-state index contributed by atoms with van der Waals surface area (Å²) < 4.78 is 13.8. The molecule has 2 aromatic heterocycles. The predicted molar refractivity (Wildman–Crippen MR) is 92.5 cm³/mol. The van der Waals surface area contributed by atoms with Crippen LogP contribution in [0.5, 0.6) is 0 Å². The van der Waals surface area contributed by atoms with Gasteiger partial charge in [0.15, 0.2) is 5.65 Å². The third-order valence-electron chi connectivity index (χ3n) is 4.81. The van der Waals surface area contributed by atoms with Crippen LogP contribution in [0.3, 0.4) is 0 Å². The second-order valence-electron chi connectivity index (χ2n) is 6.49. The Labute approximate surface area is 144 Å². The zero-order chi connectivity index (χ0) is 17.2. The van der Waals surface area contributed by atoms with Gasteiger partial charge in [-0.1, -0.05) is 18.2 Å². The van der Waals surface area contributed by atoms with Gasteiger partial charge in [0.1, 0.15) is 5.82 Å². The summed E-state index contributed by atoms with van der Waals surface area (Å²) in [7, 11) is 0. The standard InChI is InChI=1S/C19H19FN4O/c20-16-6-2-1-4-13(16)10-18(25)24-9-3-5-15(12-24)17-8-7-14-11-21-23-19(14)22-17/h1-2,4,6-8,11,15H,3,5,9-10,12H2,(H,21,22,23)/t15-/m0/s1. The van der Waals surface area contributed by atoms with Crippen LogP contribution in [-0.2, 0) is 11.2 Å². The van der Waals surface area contributed by atoms with E-state index in [0.717, 1.165) is 36.1 Å². The van der Waals surface area contributed by atoms with E-state index in [2.05, 4.69) is 15.2 Å². The maximum absolute atomic E-state index is 13.8. The summed E-state index contributed by atoms with van der Waals surface area (Å²) in [4.78, 5) is 19.1. The normalized spacial score (nSPS) is 17.8. The fourth-order valence-electron chi connectivity index (χ4n) is 3.43. The molecule has 0 radical (unpaired) electrons. The zero-order valence-corrected chi connectivity index (χ0v) is 13.8. The monoisotopic (exact) mass is 338 g/mol. The van der Waals surface area contributed by atoms with Crippen molar-refractivity contribution in [1.29, 1.82) is 0 Å². The minimum atomic E-state index is -0.323. The molecule has 3 heterocycles. The molecule has 0 bridgehead atoms. The van der Waals surface area contributed by atoms with Gasteiger partial charge in [0, 0.05) is 30.1 Å². The van der Waals surface area contributed by atoms with Crippen molar-refractivity contribution in [2.75, 3.05) is 13.1 Å². The molecule has 0 aliphatic carbocycles. The molecule has 4 rings (SSSR count). The van der Waals surface area contributed by atoms with Gasteiger partial charge in [-0.05, 0) is 36.6 Å². The number of hydrogen-bond donors (Lipinski definition) is 1. The first-order chi connectivity index (χ1) is 12.2. The Morgan fingerprint density at radius 3 is 3.04 bits per heavy atom. The summed E-state index contributed by atoms with van der Waals surface area (Å²) in [5.41, 5.74) is 2.19. The largest absolute Gasteiger partial charge is 0.342 e. The van der Waals surface area contributed by atoms with E-state index >= 15 is 0 Å². The lowest BCUT2D eigenvalue weighted by Gasteiger charge is -2.32. The van der Waals surface area contributed by atoms with Gasteiger partial charge in [0.05, 0.1) is 12.6 Å². The van der Waals surface area contributed by atoms with Gasteiger partial charge >= 0.3 is 0 Å². The Morgan fingerprint density at radius 2 is 2.16 bits per heavy atom. The fourth-order valence-corrected chi connectivity index (χ4v) is 3.43. The van der Waals surface area contributed by atoms with Crippen molar-refractivity contribution in [1.82, 2.24) is 20.1 Å². The molecule has 1 saturated heterocycles. The zero-order valence-electron chi connectivity index (χ0n) is 13.8. The average Bonchev–Trinajstić information content (AvgIpc) is 3.11. The molecule has 1 atom stereocenters. The van der Waals surface area contributed by atoms with Gasteiger partial charge in [-0.3, -0.25) is 9.89 Å². The molecule has 0 saturated carbocycles. The molecule has 128 valence electrons. The number of likely N-dealkylation sites (tertiary alicyclic amines) is 1. The van der Waals surface area contributed by atoms with E-state index in [1.54, 1.807) is 24.4 Å². The molecule has 1 N–H and O–H groups in total. The van der Waals surface area contributed by atoms with Gasteiger partial charge in [-0.25, -0.2) is 9.37 Å². The topological polar surface area (TPSA) is 61.9 Å². The highest BCUT2D eigenvalue weighted by molar-refractivity contribution is 5.79. The number of carbonyl (C=O) groups excluding carboxylic acids is 1. The predicted octanol–water partition coefficient (Wildman–Crippen LogP) is 3.05. The first kappa shape index (κ1) is 15.7. The van der Waals surface area contributed by atoms with Crippen molar-refractivity contribution in [3.05, 3.63) is 59.7 Å². The number of hydrogen-bond acceptors (Lipinski definition) is 3. The Bertz CT molecular complexity index is 907. The van der Waals surface area contributed by atoms with E-state index < -0.39 is 0 Å². The van der Waals surface area contributed by atoms with Crippen LogP contribution in [-0.4, -0.2) is 39.1 Å². The number of aromatic amines is 1. The number of nitrogens with zero attached hydrogens (tertiary/aromatic N) is 3. The summed E-state index contributed by atoms with van der Waals surface area (Å²) in [6, 6.07) is 10.5. The number of aromatic nitrogens is 3. The number of halogens is 1. The second kappa shape index (κ2) is 6.63. The molecule has 1 aliphatic rings. The molecule has 1 aromatic carbocycles. The van der Waals surface area contributed by atoms with Crippen molar-refractivity contribution in [2.24, 2.45) is 0 Å². The van der Waals surface area contributed by atoms with E-state index in [0.29, 0.717) is 12.1 Å². The van der Waals surface area contributed by atoms with Crippen LogP contribution in [0.1, 0.15) is 30.0 Å². The number of amides is 1. The smallest absolute Gasteiger partial charge is 0.227 e. The van der Waals surface area contributed by atoms with Gasteiger partial charge in [-0.15, -0.1) is 0 Å². The fraction of sp³-hybridized carbons (Fsp3) is 0.316. The summed E-state index contributed by atoms with van der Waals surface area (Å²) in [5.74, 6) is -0.154. The third kappa shape index (κ3) is 3.24. The molecule has 5 nitrogen and oxygen atoms in total.